The van der Waals surface area contributed by atoms with Crippen molar-refractivity contribution in [3.8, 4) is 0 Å². The van der Waals surface area contributed by atoms with Crippen LogP contribution in [0.4, 0.5) is 5.82 Å². The van der Waals surface area contributed by atoms with Gasteiger partial charge in [0.25, 0.3) is 5.56 Å². The fourth-order valence-electron chi connectivity index (χ4n) is 1.74. The average molecular weight is 321 g/mol. The van der Waals surface area contributed by atoms with Gasteiger partial charge in [-0.05, 0) is 35.4 Å². The number of β-amino-alcohol motifs (C(OH)–C–C–N with tert-alkyl or cyclic N) is 1. The van der Waals surface area contributed by atoms with Crippen LogP contribution in [0, 0.1) is 3.57 Å². The Labute approximate surface area is 101 Å². The van der Waals surface area contributed by atoms with Gasteiger partial charge in [0, 0.05) is 13.1 Å². The van der Waals surface area contributed by atoms with Gasteiger partial charge in [-0.1, -0.05) is 0 Å². The summed E-state index contributed by atoms with van der Waals surface area (Å²) in [6, 6.07) is 0. The molecule has 0 aromatic carbocycles. The number of hydrogen-bond donors (Lipinski definition) is 2. The lowest BCUT2D eigenvalue weighted by atomic mass is 10.1. The molecule has 2 heterocycles. The molecular formula is C9H12IN3O2. The molecule has 0 bridgehead atoms. The lowest BCUT2D eigenvalue weighted by Crippen LogP contribution is -2.40. The molecule has 0 saturated carbocycles. The number of nitrogens with zero attached hydrogens (tertiary/aromatic N) is 2. The SMILES string of the molecule is O=c1[nH]cnc(N2CCCC(O)C2)c1I. The molecule has 1 aromatic heterocycles. The van der Waals surface area contributed by atoms with E-state index in [4.69, 9.17) is 0 Å². The van der Waals surface area contributed by atoms with Gasteiger partial charge in [-0.3, -0.25) is 4.79 Å². The zero-order chi connectivity index (χ0) is 10.8. The van der Waals surface area contributed by atoms with Gasteiger partial charge in [-0.25, -0.2) is 4.98 Å². The van der Waals surface area contributed by atoms with E-state index in [2.05, 4.69) is 9.97 Å². The van der Waals surface area contributed by atoms with Crippen LogP contribution in [-0.2, 0) is 0 Å². The van der Waals surface area contributed by atoms with Crippen molar-refractivity contribution in [3.05, 3.63) is 20.3 Å². The normalized spacial score (nSPS) is 21.7. The molecule has 0 aliphatic carbocycles. The van der Waals surface area contributed by atoms with Crippen molar-refractivity contribution in [2.24, 2.45) is 0 Å². The first-order valence-electron chi connectivity index (χ1n) is 4.84. The van der Waals surface area contributed by atoms with Crippen molar-refractivity contribution in [1.29, 1.82) is 0 Å². The molecule has 1 unspecified atom stereocenters. The van der Waals surface area contributed by atoms with Crippen LogP contribution in [0.3, 0.4) is 0 Å². The summed E-state index contributed by atoms with van der Waals surface area (Å²) >= 11 is 1.98. The lowest BCUT2D eigenvalue weighted by Gasteiger charge is -2.31. The summed E-state index contributed by atoms with van der Waals surface area (Å²) in [5.41, 5.74) is -0.124. The highest BCUT2D eigenvalue weighted by Crippen LogP contribution is 2.20. The van der Waals surface area contributed by atoms with E-state index in [0.29, 0.717) is 15.9 Å². The molecule has 1 saturated heterocycles. The molecule has 1 atom stereocenters. The third-order valence-corrected chi connectivity index (χ3v) is 3.45. The summed E-state index contributed by atoms with van der Waals surface area (Å²) < 4.78 is 0.587. The summed E-state index contributed by atoms with van der Waals surface area (Å²) in [5.74, 6) is 0.679. The quantitative estimate of drug-likeness (QED) is 0.732. The van der Waals surface area contributed by atoms with Crippen LogP contribution in [0.5, 0.6) is 0 Å². The third-order valence-electron chi connectivity index (χ3n) is 2.47. The van der Waals surface area contributed by atoms with E-state index in [0.717, 1.165) is 19.4 Å². The first-order chi connectivity index (χ1) is 7.18. The lowest BCUT2D eigenvalue weighted by molar-refractivity contribution is 0.153. The number of aromatic nitrogens is 2. The van der Waals surface area contributed by atoms with E-state index in [1.54, 1.807) is 0 Å². The zero-order valence-electron chi connectivity index (χ0n) is 8.11. The van der Waals surface area contributed by atoms with E-state index in [-0.39, 0.29) is 11.7 Å². The van der Waals surface area contributed by atoms with E-state index in [9.17, 15) is 9.90 Å². The topological polar surface area (TPSA) is 69.2 Å². The molecule has 6 heteroatoms. The summed E-state index contributed by atoms with van der Waals surface area (Å²) in [7, 11) is 0. The number of aliphatic hydroxyl groups excluding tert-OH is 1. The van der Waals surface area contributed by atoms with E-state index in [1.165, 1.54) is 6.33 Å². The first kappa shape index (κ1) is 10.9. The number of rotatable bonds is 1. The smallest absolute Gasteiger partial charge is 0.266 e. The van der Waals surface area contributed by atoms with E-state index >= 15 is 0 Å². The number of aliphatic hydroxyl groups is 1. The molecule has 0 radical (unpaired) electrons. The highest BCUT2D eigenvalue weighted by molar-refractivity contribution is 14.1. The van der Waals surface area contributed by atoms with Gasteiger partial charge < -0.3 is 15.0 Å². The van der Waals surface area contributed by atoms with Gasteiger partial charge in [-0.2, -0.15) is 0 Å². The van der Waals surface area contributed by atoms with Gasteiger partial charge >= 0.3 is 0 Å². The minimum atomic E-state index is -0.310. The average Bonchev–Trinajstić information content (AvgIpc) is 2.22. The Balaban J connectivity index is 2.28. The highest BCUT2D eigenvalue weighted by Gasteiger charge is 2.21. The molecule has 0 spiro atoms. The largest absolute Gasteiger partial charge is 0.391 e. The molecule has 1 aliphatic heterocycles. The van der Waals surface area contributed by atoms with Crippen LogP contribution in [0.1, 0.15) is 12.8 Å². The maximum absolute atomic E-state index is 11.4. The van der Waals surface area contributed by atoms with Gasteiger partial charge in [0.2, 0.25) is 0 Å². The second-order valence-electron chi connectivity index (χ2n) is 3.61. The van der Waals surface area contributed by atoms with Gasteiger partial charge in [0.1, 0.15) is 9.39 Å². The molecule has 82 valence electrons. The zero-order valence-corrected chi connectivity index (χ0v) is 10.3. The molecule has 2 rings (SSSR count). The van der Waals surface area contributed by atoms with Gasteiger partial charge in [0.15, 0.2) is 0 Å². The predicted molar refractivity (Wildman–Crippen MR) is 65.0 cm³/mol. The minimum absolute atomic E-state index is 0.124. The van der Waals surface area contributed by atoms with Gasteiger partial charge in [-0.15, -0.1) is 0 Å². The van der Waals surface area contributed by atoms with Crippen LogP contribution >= 0.6 is 22.6 Å². The van der Waals surface area contributed by atoms with Crippen LogP contribution in [0.25, 0.3) is 0 Å². The number of hydrogen-bond acceptors (Lipinski definition) is 4. The number of halogens is 1. The number of H-pyrrole nitrogens is 1. The van der Waals surface area contributed by atoms with Crippen LogP contribution < -0.4 is 10.5 Å². The standard InChI is InChI=1S/C9H12IN3O2/c10-7-8(11-5-12-9(7)15)13-3-1-2-6(14)4-13/h5-6,14H,1-4H2,(H,11,12,15). The molecule has 2 N–H and O–H groups in total. The van der Waals surface area contributed by atoms with E-state index < -0.39 is 0 Å². The molecular weight excluding hydrogens is 309 g/mol. The molecule has 0 amide bonds. The third kappa shape index (κ3) is 2.31. The molecule has 1 aromatic rings. The molecule has 1 aliphatic rings. The number of anilines is 1. The van der Waals surface area contributed by atoms with E-state index in [1.807, 2.05) is 27.5 Å². The Morgan fingerprint density at radius 1 is 1.67 bits per heavy atom. The number of nitrogens with one attached hydrogen (secondary N) is 1. The Hall–Kier alpha value is -0.630. The van der Waals surface area contributed by atoms with Crippen molar-refractivity contribution in [3.63, 3.8) is 0 Å². The maximum atomic E-state index is 11.4. The molecule has 15 heavy (non-hydrogen) atoms. The maximum Gasteiger partial charge on any atom is 0.266 e. The van der Waals surface area contributed by atoms with Crippen molar-refractivity contribution in [2.75, 3.05) is 18.0 Å². The van der Waals surface area contributed by atoms with Crippen LogP contribution in [0.15, 0.2) is 11.1 Å². The summed E-state index contributed by atoms with van der Waals surface area (Å²) in [6.45, 7) is 1.41. The fourth-order valence-corrected chi connectivity index (χ4v) is 2.38. The number of piperidine rings is 1. The van der Waals surface area contributed by atoms with Crippen molar-refractivity contribution >= 4 is 28.4 Å². The molecule has 1 fully saturated rings. The van der Waals surface area contributed by atoms with Crippen molar-refractivity contribution in [1.82, 2.24) is 9.97 Å². The summed E-state index contributed by atoms with van der Waals surface area (Å²) in [6.07, 6.45) is 2.86. The Morgan fingerprint density at radius 2 is 2.47 bits per heavy atom. The first-order valence-corrected chi connectivity index (χ1v) is 5.92. The highest BCUT2D eigenvalue weighted by atomic mass is 127. The monoisotopic (exact) mass is 321 g/mol. The predicted octanol–water partition coefficient (Wildman–Crippen LogP) is 0.336. The van der Waals surface area contributed by atoms with Gasteiger partial charge in [0.05, 0.1) is 12.4 Å². The molecule has 5 nitrogen and oxygen atoms in total. The summed E-state index contributed by atoms with van der Waals surface area (Å²) in [4.78, 5) is 20.0. The number of aromatic amines is 1. The van der Waals surface area contributed by atoms with Crippen LogP contribution in [0.2, 0.25) is 0 Å². The second kappa shape index (κ2) is 4.48. The second-order valence-corrected chi connectivity index (χ2v) is 4.69. The van der Waals surface area contributed by atoms with Crippen molar-refractivity contribution in [2.45, 2.75) is 18.9 Å². The Bertz CT molecular complexity index is 407. The van der Waals surface area contributed by atoms with Crippen molar-refractivity contribution < 1.29 is 5.11 Å². The summed E-state index contributed by atoms with van der Waals surface area (Å²) in [5, 5.41) is 9.54. The minimum Gasteiger partial charge on any atom is -0.391 e. The van der Waals surface area contributed by atoms with Crippen LogP contribution in [-0.4, -0.2) is 34.3 Å². The fraction of sp³-hybridized carbons (Fsp3) is 0.556. The Morgan fingerprint density at radius 3 is 3.20 bits per heavy atom. The Kier molecular flexibility index (Phi) is 3.25.